The third-order valence-corrected chi connectivity index (χ3v) is 3.53. The predicted molar refractivity (Wildman–Crippen MR) is 62.4 cm³/mol. The molecule has 5 heteroatoms. The zero-order valence-corrected chi connectivity index (χ0v) is 10.1. The molecular weight excluding hydrogens is 218 g/mol. The first kappa shape index (κ1) is 12.2. The quantitative estimate of drug-likeness (QED) is 0.678. The van der Waals surface area contributed by atoms with Gasteiger partial charge in [-0.25, -0.2) is 4.79 Å². The summed E-state index contributed by atoms with van der Waals surface area (Å²) in [6.07, 6.45) is 4.42. The van der Waals surface area contributed by atoms with Crippen LogP contribution in [0.5, 0.6) is 0 Å². The standard InChI is InChI=1S/C12H19N3O2/c13-5-6-15(11-3-1-2-4-11)12(16)14-7-9-17-10-8-14/h11H,1-4,6-10H2. The Kier molecular flexibility index (Phi) is 4.21. The highest BCUT2D eigenvalue weighted by Gasteiger charge is 2.30. The minimum atomic E-state index is 0.0155. The minimum absolute atomic E-state index is 0.0155. The van der Waals surface area contributed by atoms with Gasteiger partial charge in [0.05, 0.1) is 19.3 Å². The Morgan fingerprint density at radius 1 is 1.35 bits per heavy atom. The molecule has 0 atom stereocenters. The molecule has 0 radical (unpaired) electrons. The van der Waals surface area contributed by atoms with Crippen molar-refractivity contribution in [3.05, 3.63) is 0 Å². The summed E-state index contributed by atoms with van der Waals surface area (Å²) in [5.74, 6) is 0. The monoisotopic (exact) mass is 237 g/mol. The highest BCUT2D eigenvalue weighted by Crippen LogP contribution is 2.24. The van der Waals surface area contributed by atoms with Crippen LogP contribution in [0.15, 0.2) is 0 Å². The lowest BCUT2D eigenvalue weighted by molar-refractivity contribution is 0.0408. The number of nitriles is 1. The van der Waals surface area contributed by atoms with Gasteiger partial charge in [-0.3, -0.25) is 0 Å². The van der Waals surface area contributed by atoms with E-state index in [1.165, 1.54) is 12.8 Å². The second-order valence-electron chi connectivity index (χ2n) is 4.61. The summed E-state index contributed by atoms with van der Waals surface area (Å²) in [7, 11) is 0. The molecule has 0 N–H and O–H groups in total. The van der Waals surface area contributed by atoms with Crippen LogP contribution in [0.4, 0.5) is 4.79 Å². The SMILES string of the molecule is N#CCN(C(=O)N1CCOCC1)C1CCCC1. The molecule has 0 aromatic rings. The number of hydrogen-bond acceptors (Lipinski definition) is 3. The fourth-order valence-corrected chi connectivity index (χ4v) is 2.58. The Morgan fingerprint density at radius 2 is 2.00 bits per heavy atom. The molecule has 1 saturated carbocycles. The molecule has 2 amide bonds. The Balaban J connectivity index is 1.98. The van der Waals surface area contributed by atoms with Gasteiger partial charge >= 0.3 is 6.03 Å². The van der Waals surface area contributed by atoms with Gasteiger partial charge in [-0.05, 0) is 12.8 Å². The molecule has 2 rings (SSSR count). The fraction of sp³-hybridized carbons (Fsp3) is 0.833. The lowest BCUT2D eigenvalue weighted by atomic mass is 10.2. The average molecular weight is 237 g/mol. The molecule has 0 spiro atoms. The van der Waals surface area contributed by atoms with E-state index < -0.39 is 0 Å². The zero-order valence-electron chi connectivity index (χ0n) is 10.1. The van der Waals surface area contributed by atoms with E-state index in [4.69, 9.17) is 10.00 Å². The number of carbonyl (C=O) groups is 1. The van der Waals surface area contributed by atoms with Crippen LogP contribution in [-0.2, 0) is 4.74 Å². The van der Waals surface area contributed by atoms with Gasteiger partial charge in [-0.1, -0.05) is 12.8 Å². The summed E-state index contributed by atoms with van der Waals surface area (Å²) in [5, 5.41) is 8.86. The second-order valence-corrected chi connectivity index (χ2v) is 4.61. The van der Waals surface area contributed by atoms with Crippen LogP contribution in [0.25, 0.3) is 0 Å². The number of ether oxygens (including phenoxy) is 1. The van der Waals surface area contributed by atoms with Crippen LogP contribution in [0, 0.1) is 11.3 Å². The van der Waals surface area contributed by atoms with Gasteiger partial charge in [-0.15, -0.1) is 0 Å². The maximum atomic E-state index is 12.3. The molecule has 94 valence electrons. The van der Waals surface area contributed by atoms with E-state index in [0.717, 1.165) is 12.8 Å². The first-order valence-electron chi connectivity index (χ1n) is 6.33. The molecule has 1 saturated heterocycles. The molecule has 0 aromatic heterocycles. The molecule has 2 aliphatic rings. The molecule has 1 aliphatic heterocycles. The van der Waals surface area contributed by atoms with E-state index in [9.17, 15) is 4.79 Å². The summed E-state index contributed by atoms with van der Waals surface area (Å²) in [4.78, 5) is 15.9. The van der Waals surface area contributed by atoms with Crippen molar-refractivity contribution in [2.75, 3.05) is 32.8 Å². The molecular formula is C12H19N3O2. The highest BCUT2D eigenvalue weighted by molar-refractivity contribution is 5.75. The van der Waals surface area contributed by atoms with E-state index in [1.807, 2.05) is 0 Å². The first-order chi connectivity index (χ1) is 8.33. The summed E-state index contributed by atoms with van der Waals surface area (Å²) in [6.45, 7) is 2.72. The Bertz CT molecular complexity index is 301. The number of nitrogens with zero attached hydrogens (tertiary/aromatic N) is 3. The van der Waals surface area contributed by atoms with Crippen LogP contribution < -0.4 is 0 Å². The van der Waals surface area contributed by atoms with E-state index in [2.05, 4.69) is 6.07 Å². The molecule has 2 fully saturated rings. The van der Waals surface area contributed by atoms with Crippen molar-refractivity contribution in [1.82, 2.24) is 9.80 Å². The van der Waals surface area contributed by atoms with Crippen molar-refractivity contribution in [3.8, 4) is 6.07 Å². The first-order valence-corrected chi connectivity index (χ1v) is 6.33. The summed E-state index contributed by atoms with van der Waals surface area (Å²) in [5.41, 5.74) is 0. The highest BCUT2D eigenvalue weighted by atomic mass is 16.5. The summed E-state index contributed by atoms with van der Waals surface area (Å²) >= 11 is 0. The molecule has 0 unspecified atom stereocenters. The largest absolute Gasteiger partial charge is 0.378 e. The number of amides is 2. The van der Waals surface area contributed by atoms with Crippen LogP contribution >= 0.6 is 0 Å². The Hall–Kier alpha value is -1.28. The number of rotatable bonds is 2. The molecule has 1 aliphatic carbocycles. The van der Waals surface area contributed by atoms with Crippen molar-refractivity contribution in [2.24, 2.45) is 0 Å². The van der Waals surface area contributed by atoms with E-state index in [0.29, 0.717) is 26.3 Å². The number of morpholine rings is 1. The Labute approximate surface area is 102 Å². The predicted octanol–water partition coefficient (Wildman–Crippen LogP) is 1.21. The van der Waals surface area contributed by atoms with E-state index in [-0.39, 0.29) is 18.6 Å². The molecule has 5 nitrogen and oxygen atoms in total. The van der Waals surface area contributed by atoms with Crippen molar-refractivity contribution in [2.45, 2.75) is 31.7 Å². The normalized spacial score (nSPS) is 21.2. The average Bonchev–Trinajstić information content (AvgIpc) is 2.90. The molecule has 1 heterocycles. The van der Waals surface area contributed by atoms with E-state index >= 15 is 0 Å². The smallest absolute Gasteiger partial charge is 0.321 e. The van der Waals surface area contributed by atoms with Gasteiger partial charge in [0.15, 0.2) is 0 Å². The number of urea groups is 1. The van der Waals surface area contributed by atoms with Gasteiger partial charge in [0, 0.05) is 19.1 Å². The zero-order chi connectivity index (χ0) is 12.1. The molecule has 0 bridgehead atoms. The maximum absolute atomic E-state index is 12.3. The lowest BCUT2D eigenvalue weighted by Gasteiger charge is -2.34. The molecule has 17 heavy (non-hydrogen) atoms. The van der Waals surface area contributed by atoms with Crippen LogP contribution in [0.1, 0.15) is 25.7 Å². The van der Waals surface area contributed by atoms with Gasteiger partial charge in [0.1, 0.15) is 6.54 Å². The van der Waals surface area contributed by atoms with Crippen molar-refractivity contribution >= 4 is 6.03 Å². The molecule has 0 aromatic carbocycles. The van der Waals surface area contributed by atoms with Gasteiger partial charge in [0.2, 0.25) is 0 Å². The van der Waals surface area contributed by atoms with Crippen molar-refractivity contribution in [1.29, 1.82) is 5.26 Å². The van der Waals surface area contributed by atoms with Crippen molar-refractivity contribution < 1.29 is 9.53 Å². The van der Waals surface area contributed by atoms with Crippen LogP contribution in [0.3, 0.4) is 0 Å². The van der Waals surface area contributed by atoms with Crippen LogP contribution in [-0.4, -0.2) is 54.7 Å². The fourth-order valence-electron chi connectivity index (χ4n) is 2.58. The third-order valence-electron chi connectivity index (χ3n) is 3.53. The summed E-state index contributed by atoms with van der Waals surface area (Å²) in [6, 6.07) is 2.40. The Morgan fingerprint density at radius 3 is 2.59 bits per heavy atom. The van der Waals surface area contributed by atoms with E-state index in [1.54, 1.807) is 9.80 Å². The maximum Gasteiger partial charge on any atom is 0.321 e. The van der Waals surface area contributed by atoms with Crippen LogP contribution in [0.2, 0.25) is 0 Å². The summed E-state index contributed by atoms with van der Waals surface area (Å²) < 4.78 is 5.24. The van der Waals surface area contributed by atoms with Gasteiger partial charge in [-0.2, -0.15) is 5.26 Å². The number of hydrogen-bond donors (Lipinski definition) is 0. The minimum Gasteiger partial charge on any atom is -0.378 e. The van der Waals surface area contributed by atoms with Gasteiger partial charge < -0.3 is 14.5 Å². The second kappa shape index (κ2) is 5.87. The lowest BCUT2D eigenvalue weighted by Crippen LogP contribution is -2.51. The topological polar surface area (TPSA) is 56.6 Å². The van der Waals surface area contributed by atoms with Gasteiger partial charge in [0.25, 0.3) is 0 Å². The number of carbonyl (C=O) groups excluding carboxylic acids is 1. The third kappa shape index (κ3) is 2.89. The van der Waals surface area contributed by atoms with Crippen molar-refractivity contribution in [3.63, 3.8) is 0 Å².